The van der Waals surface area contributed by atoms with Gasteiger partial charge in [-0.3, -0.25) is 9.59 Å². The predicted molar refractivity (Wildman–Crippen MR) is 107 cm³/mol. The van der Waals surface area contributed by atoms with Crippen molar-refractivity contribution < 1.29 is 19.1 Å². The van der Waals surface area contributed by atoms with E-state index in [1.165, 1.54) is 6.08 Å². The summed E-state index contributed by atoms with van der Waals surface area (Å²) in [5, 5.41) is 3.34. The average molecular weight is 408 g/mol. The van der Waals surface area contributed by atoms with Crippen molar-refractivity contribution >= 4 is 29.5 Å². The number of carbonyl (C=O) groups excluding carboxylic acids is 2. The van der Waals surface area contributed by atoms with Crippen molar-refractivity contribution in [3.63, 3.8) is 0 Å². The van der Waals surface area contributed by atoms with Gasteiger partial charge in [-0.25, -0.2) is 0 Å². The first-order valence-electron chi connectivity index (χ1n) is 9.59. The molecule has 0 aliphatic carbocycles. The second kappa shape index (κ2) is 9.80. The van der Waals surface area contributed by atoms with Gasteiger partial charge in [0.1, 0.15) is 13.2 Å². The van der Waals surface area contributed by atoms with Gasteiger partial charge in [0.05, 0.1) is 10.9 Å². The number of hydrogen-bond acceptors (Lipinski definition) is 5. The smallest absolute Gasteiger partial charge is 0.243 e. The van der Waals surface area contributed by atoms with Crippen LogP contribution in [-0.2, 0) is 9.59 Å². The highest BCUT2D eigenvalue weighted by Gasteiger charge is 2.23. The van der Waals surface area contributed by atoms with Crippen LogP contribution in [0.3, 0.4) is 0 Å². The Morgan fingerprint density at radius 3 is 2.96 bits per heavy atom. The van der Waals surface area contributed by atoms with E-state index in [4.69, 9.17) is 26.8 Å². The van der Waals surface area contributed by atoms with Gasteiger partial charge in [-0.05, 0) is 56.1 Å². The Hall–Kier alpha value is -2.25. The molecule has 7 nitrogen and oxygen atoms in total. The van der Waals surface area contributed by atoms with Crippen LogP contribution in [0.4, 0.5) is 0 Å². The molecule has 0 spiro atoms. The van der Waals surface area contributed by atoms with E-state index in [2.05, 4.69) is 10.2 Å². The lowest BCUT2D eigenvalue weighted by Gasteiger charge is -2.31. The topological polar surface area (TPSA) is 93.9 Å². The Labute approximate surface area is 169 Å². The van der Waals surface area contributed by atoms with Gasteiger partial charge < -0.3 is 25.4 Å². The molecule has 28 heavy (non-hydrogen) atoms. The maximum atomic E-state index is 12.0. The second-order valence-electron chi connectivity index (χ2n) is 7.05. The van der Waals surface area contributed by atoms with Crippen molar-refractivity contribution in [1.82, 2.24) is 10.2 Å². The van der Waals surface area contributed by atoms with Gasteiger partial charge in [-0.2, -0.15) is 0 Å². The molecule has 0 bridgehead atoms. The predicted octanol–water partition coefficient (Wildman–Crippen LogP) is 1.83. The maximum Gasteiger partial charge on any atom is 0.243 e. The largest absolute Gasteiger partial charge is 0.486 e. The molecule has 1 fully saturated rings. The molecule has 3 rings (SSSR count). The molecule has 2 heterocycles. The molecule has 1 aromatic rings. The Morgan fingerprint density at radius 2 is 2.14 bits per heavy atom. The fraction of sp³-hybridized carbons (Fsp3) is 0.500. The summed E-state index contributed by atoms with van der Waals surface area (Å²) >= 11 is 6.20. The average Bonchev–Trinajstić information content (AvgIpc) is 2.70. The van der Waals surface area contributed by atoms with Crippen LogP contribution in [0.15, 0.2) is 18.2 Å². The summed E-state index contributed by atoms with van der Waals surface area (Å²) in [5.74, 6) is 0.701. The quantitative estimate of drug-likeness (QED) is 0.531. The summed E-state index contributed by atoms with van der Waals surface area (Å²) in [6.07, 6.45) is 5.85. The third-order valence-corrected chi connectivity index (χ3v) is 5.19. The molecule has 3 N–H and O–H groups in total. The molecule has 1 aromatic carbocycles. The highest BCUT2D eigenvalue weighted by atomic mass is 35.5. The number of carbonyl (C=O) groups is 2. The van der Waals surface area contributed by atoms with E-state index in [1.54, 1.807) is 18.2 Å². The molecule has 1 saturated heterocycles. The number of nitrogens with two attached hydrogens (primary N) is 1. The van der Waals surface area contributed by atoms with Gasteiger partial charge in [-0.15, -0.1) is 0 Å². The monoisotopic (exact) mass is 407 g/mol. The molecule has 1 atom stereocenters. The van der Waals surface area contributed by atoms with Gasteiger partial charge in [-0.1, -0.05) is 11.6 Å². The van der Waals surface area contributed by atoms with Crippen LogP contribution < -0.4 is 20.5 Å². The number of hydrogen-bond donors (Lipinski definition) is 2. The normalized spacial score (nSPS) is 19.5. The first-order valence-corrected chi connectivity index (χ1v) is 9.97. The number of halogens is 1. The van der Waals surface area contributed by atoms with E-state index in [1.807, 2.05) is 0 Å². The van der Waals surface area contributed by atoms with Crippen molar-refractivity contribution in [1.29, 1.82) is 0 Å². The number of ether oxygens (including phenoxy) is 2. The molecule has 152 valence electrons. The molecule has 0 aromatic heterocycles. The van der Waals surface area contributed by atoms with Crippen LogP contribution in [0, 0.1) is 5.92 Å². The summed E-state index contributed by atoms with van der Waals surface area (Å²) in [5.41, 5.74) is 6.17. The minimum absolute atomic E-state index is 0.0518. The third kappa shape index (κ3) is 5.62. The molecule has 0 radical (unpaired) electrons. The number of rotatable bonds is 7. The lowest BCUT2D eigenvalue weighted by Crippen LogP contribution is -2.42. The number of benzene rings is 1. The molecular formula is C20H26ClN3O4. The summed E-state index contributed by atoms with van der Waals surface area (Å²) < 4.78 is 11.0. The zero-order chi connectivity index (χ0) is 19.9. The van der Waals surface area contributed by atoms with Gasteiger partial charge >= 0.3 is 0 Å². The van der Waals surface area contributed by atoms with Crippen molar-refractivity contribution in [3.05, 3.63) is 28.8 Å². The minimum atomic E-state index is -0.220. The second-order valence-corrected chi connectivity index (χ2v) is 7.45. The Morgan fingerprint density at radius 1 is 1.32 bits per heavy atom. The molecule has 2 aliphatic rings. The minimum Gasteiger partial charge on any atom is -0.486 e. The number of fused-ring (bicyclic) bond motifs is 1. The SMILES string of the molecule is NC(=O)C1CCCN(CCCNC(=O)/C=C/c2cc(Cl)c3c(c2)OCCO3)C1. The van der Waals surface area contributed by atoms with Gasteiger partial charge in [0, 0.05) is 19.2 Å². The fourth-order valence-electron chi connectivity index (χ4n) is 3.46. The van der Waals surface area contributed by atoms with E-state index >= 15 is 0 Å². The van der Waals surface area contributed by atoms with E-state index in [0.29, 0.717) is 42.8 Å². The standard InChI is InChI=1S/C20H26ClN3O4/c21-16-11-14(12-17-19(16)28-10-9-27-17)4-5-18(25)23-6-2-8-24-7-1-3-15(13-24)20(22)26/h4-5,11-12,15H,1-3,6-10,13H2,(H2,22,26)(H,23,25)/b5-4+. The van der Waals surface area contributed by atoms with E-state index < -0.39 is 0 Å². The summed E-state index contributed by atoms with van der Waals surface area (Å²) in [7, 11) is 0. The Bertz CT molecular complexity index is 753. The summed E-state index contributed by atoms with van der Waals surface area (Å²) in [6.45, 7) is 4.06. The van der Waals surface area contributed by atoms with Crippen LogP contribution in [0.2, 0.25) is 5.02 Å². The number of nitrogens with one attached hydrogen (secondary N) is 1. The van der Waals surface area contributed by atoms with Crippen LogP contribution in [0.5, 0.6) is 11.5 Å². The zero-order valence-corrected chi connectivity index (χ0v) is 16.5. The van der Waals surface area contributed by atoms with Crippen LogP contribution in [0.25, 0.3) is 6.08 Å². The zero-order valence-electron chi connectivity index (χ0n) is 15.8. The third-order valence-electron chi connectivity index (χ3n) is 4.90. The molecule has 0 saturated carbocycles. The van der Waals surface area contributed by atoms with Crippen molar-refractivity contribution in [3.8, 4) is 11.5 Å². The Balaban J connectivity index is 1.41. The van der Waals surface area contributed by atoms with Crippen LogP contribution in [-0.4, -0.2) is 56.1 Å². The highest BCUT2D eigenvalue weighted by Crippen LogP contribution is 2.38. The van der Waals surface area contributed by atoms with Crippen molar-refractivity contribution in [2.75, 3.05) is 39.4 Å². The molecule has 8 heteroatoms. The number of piperidine rings is 1. The first kappa shape index (κ1) is 20.5. The number of nitrogens with zero attached hydrogens (tertiary/aromatic N) is 1. The highest BCUT2D eigenvalue weighted by molar-refractivity contribution is 6.32. The molecule has 1 unspecified atom stereocenters. The summed E-state index contributed by atoms with van der Waals surface area (Å²) in [4.78, 5) is 25.6. The number of likely N-dealkylation sites (tertiary alicyclic amines) is 1. The molecule has 2 amide bonds. The molecule has 2 aliphatic heterocycles. The number of primary amides is 1. The van der Waals surface area contributed by atoms with E-state index in [-0.39, 0.29) is 17.7 Å². The van der Waals surface area contributed by atoms with Crippen molar-refractivity contribution in [2.24, 2.45) is 11.7 Å². The van der Waals surface area contributed by atoms with Gasteiger partial charge in [0.15, 0.2) is 11.5 Å². The molecular weight excluding hydrogens is 382 g/mol. The van der Waals surface area contributed by atoms with Crippen LogP contribution >= 0.6 is 11.6 Å². The summed E-state index contributed by atoms with van der Waals surface area (Å²) in [6, 6.07) is 3.54. The fourth-order valence-corrected chi connectivity index (χ4v) is 3.74. The van der Waals surface area contributed by atoms with Gasteiger partial charge in [0.25, 0.3) is 0 Å². The van der Waals surface area contributed by atoms with Crippen molar-refractivity contribution in [2.45, 2.75) is 19.3 Å². The first-order chi connectivity index (χ1) is 13.5. The Kier molecular flexibility index (Phi) is 7.17. The lowest BCUT2D eigenvalue weighted by atomic mass is 9.97. The van der Waals surface area contributed by atoms with Gasteiger partial charge in [0.2, 0.25) is 11.8 Å². The maximum absolute atomic E-state index is 12.0. The lowest BCUT2D eigenvalue weighted by molar-refractivity contribution is -0.123. The van der Waals surface area contributed by atoms with E-state index in [0.717, 1.165) is 37.9 Å². The van der Waals surface area contributed by atoms with E-state index in [9.17, 15) is 9.59 Å². The number of amides is 2. The van der Waals surface area contributed by atoms with Crippen LogP contribution in [0.1, 0.15) is 24.8 Å².